The molecule has 264 valence electrons. The van der Waals surface area contributed by atoms with Crippen molar-refractivity contribution in [2.24, 2.45) is 17.8 Å². The van der Waals surface area contributed by atoms with Crippen LogP contribution < -0.4 is 10.6 Å². The molecule has 2 bridgehead atoms. The van der Waals surface area contributed by atoms with Crippen molar-refractivity contribution in [3.8, 4) is 5.69 Å². The number of halogens is 1. The molecule has 1 aromatic heterocycles. The van der Waals surface area contributed by atoms with E-state index in [-0.39, 0.29) is 35.5 Å². The summed E-state index contributed by atoms with van der Waals surface area (Å²) in [6.45, 7) is 5.56. The van der Waals surface area contributed by atoms with Crippen LogP contribution in [0.2, 0.25) is 0 Å². The molecule has 0 unspecified atom stereocenters. The van der Waals surface area contributed by atoms with Gasteiger partial charge >= 0.3 is 0 Å². The van der Waals surface area contributed by atoms with Crippen LogP contribution in [0.5, 0.6) is 0 Å². The number of hydrogen-bond donors (Lipinski definition) is 6. The lowest BCUT2D eigenvalue weighted by molar-refractivity contribution is -0.205. The topological polar surface area (TPSA) is 188 Å². The summed E-state index contributed by atoms with van der Waals surface area (Å²) < 4.78 is 27.5. The van der Waals surface area contributed by atoms with Crippen LogP contribution in [0.3, 0.4) is 0 Å². The fourth-order valence-corrected chi connectivity index (χ4v) is 8.46. The van der Waals surface area contributed by atoms with Crippen LogP contribution in [-0.4, -0.2) is 109 Å². The molecule has 4 aliphatic rings. The van der Waals surface area contributed by atoms with Gasteiger partial charge in [0.05, 0.1) is 35.0 Å². The summed E-state index contributed by atoms with van der Waals surface area (Å²) in [4.78, 5) is 22.1. The van der Waals surface area contributed by atoms with Crippen LogP contribution in [0.4, 0.5) is 4.39 Å². The molecule has 0 saturated carbocycles. The quantitative estimate of drug-likeness (QED) is 0.191. The number of amides is 1. The first-order valence-electron chi connectivity index (χ1n) is 16.5. The number of thioether (sulfide) groups is 1. The molecule has 0 radical (unpaired) electrons. The van der Waals surface area contributed by atoms with Crippen LogP contribution in [0.25, 0.3) is 5.69 Å². The maximum absolute atomic E-state index is 13.7. The molecule has 6 rings (SSSR count). The zero-order valence-corrected chi connectivity index (χ0v) is 27.9. The summed E-state index contributed by atoms with van der Waals surface area (Å²) in [6, 6.07) is 4.73. The summed E-state index contributed by atoms with van der Waals surface area (Å²) >= 11 is 1.27. The van der Waals surface area contributed by atoms with Crippen molar-refractivity contribution in [2.45, 2.75) is 99.2 Å². The first-order valence-corrected chi connectivity index (χ1v) is 17.4. The van der Waals surface area contributed by atoms with Crippen LogP contribution in [0, 0.1) is 23.6 Å². The summed E-state index contributed by atoms with van der Waals surface area (Å²) in [5, 5.41) is 54.4. The van der Waals surface area contributed by atoms with Crippen molar-refractivity contribution in [1.82, 2.24) is 25.6 Å². The van der Waals surface area contributed by atoms with Crippen molar-refractivity contribution in [3.05, 3.63) is 54.1 Å². The van der Waals surface area contributed by atoms with Crippen molar-refractivity contribution < 1.29 is 43.9 Å². The Hall–Kier alpha value is -2.92. The highest BCUT2D eigenvalue weighted by Gasteiger charge is 2.49. The molecule has 48 heavy (non-hydrogen) atoms. The molecule has 13 nitrogen and oxygen atoms in total. The van der Waals surface area contributed by atoms with E-state index in [0.717, 1.165) is 19.3 Å². The minimum atomic E-state index is -1.48. The van der Waals surface area contributed by atoms with Crippen molar-refractivity contribution >= 4 is 24.1 Å². The maximum Gasteiger partial charge on any atom is 0.290 e. The van der Waals surface area contributed by atoms with E-state index in [0.29, 0.717) is 49.2 Å². The van der Waals surface area contributed by atoms with Gasteiger partial charge in [0, 0.05) is 13.2 Å². The standard InChI is InChI=1S/C32H44FN5O6S.CH2O2/c1-17(2)13-18-11-12-43-29-19(14-18)15-34-25(29)31(42)35-22-5-3-4-6-24(45-32-28(41)26(39)27(40)30(22)44-32)23-16-38(37-36-23)21-9-7-20(33)8-10-21;2-1-3/h3-4,7-10,16-19,22,24-30,32,34,39-41H,5-6,11-15H2,1-2H3,(H,35,42);1H,(H,2,3)/t18-,19-,22+,24-,25-,26-,27+,28+,29+,30+,32+;/m0./s1. The predicted octanol–water partition coefficient (Wildman–Crippen LogP) is 1.95. The highest BCUT2D eigenvalue weighted by atomic mass is 32.2. The summed E-state index contributed by atoms with van der Waals surface area (Å²) in [5.74, 6) is 0.872. The second-order valence-corrected chi connectivity index (χ2v) is 14.6. The number of allylic oxidation sites excluding steroid dienone is 1. The number of ether oxygens (including phenoxy) is 2. The molecule has 1 amide bonds. The molecule has 0 aliphatic carbocycles. The zero-order valence-electron chi connectivity index (χ0n) is 27.0. The molecular weight excluding hydrogens is 645 g/mol. The third-order valence-corrected chi connectivity index (χ3v) is 10.8. The Labute approximate surface area is 283 Å². The number of aliphatic hydroxyl groups is 3. The Kier molecular flexibility index (Phi) is 12.6. The smallest absolute Gasteiger partial charge is 0.290 e. The number of carbonyl (C=O) groups excluding carboxylic acids is 1. The van der Waals surface area contributed by atoms with Gasteiger partial charge in [-0.15, -0.1) is 16.9 Å². The minimum Gasteiger partial charge on any atom is -0.483 e. The number of rotatable bonds is 6. The van der Waals surface area contributed by atoms with E-state index in [1.54, 1.807) is 23.0 Å². The average Bonchev–Trinajstić information content (AvgIpc) is 3.65. The molecule has 0 spiro atoms. The summed E-state index contributed by atoms with van der Waals surface area (Å²) in [7, 11) is 0. The van der Waals surface area contributed by atoms with E-state index in [2.05, 4.69) is 34.8 Å². The third kappa shape index (κ3) is 8.62. The molecule has 4 aliphatic heterocycles. The Bertz CT molecular complexity index is 1380. The molecule has 5 heterocycles. The van der Waals surface area contributed by atoms with Crippen molar-refractivity contribution in [2.75, 3.05) is 13.2 Å². The molecule has 15 heteroatoms. The number of nitrogens with one attached hydrogen (secondary N) is 2. The predicted molar refractivity (Wildman–Crippen MR) is 175 cm³/mol. The Morgan fingerprint density at radius 2 is 1.88 bits per heavy atom. The number of aromatic nitrogens is 3. The Morgan fingerprint density at radius 3 is 2.60 bits per heavy atom. The lowest BCUT2D eigenvalue weighted by Crippen LogP contribution is -2.64. The van der Waals surface area contributed by atoms with Gasteiger partial charge in [0.2, 0.25) is 5.91 Å². The second-order valence-electron chi connectivity index (χ2n) is 13.3. The zero-order chi connectivity index (χ0) is 34.4. The van der Waals surface area contributed by atoms with Gasteiger partial charge < -0.3 is 40.5 Å². The highest BCUT2D eigenvalue weighted by Crippen LogP contribution is 2.41. The monoisotopic (exact) mass is 691 g/mol. The molecule has 1 aromatic carbocycles. The molecule has 2 aromatic rings. The first kappa shape index (κ1) is 36.4. The van der Waals surface area contributed by atoms with Crippen LogP contribution in [0.1, 0.15) is 56.9 Å². The van der Waals surface area contributed by atoms with E-state index in [9.17, 15) is 24.5 Å². The number of hydrogen-bond acceptors (Lipinski definition) is 11. The van der Waals surface area contributed by atoms with E-state index < -0.39 is 41.9 Å². The second kappa shape index (κ2) is 16.7. The van der Waals surface area contributed by atoms with Gasteiger partial charge in [-0.25, -0.2) is 9.07 Å². The Balaban J connectivity index is 0.00000145. The number of benzene rings is 1. The Morgan fingerprint density at radius 1 is 1.15 bits per heavy atom. The normalized spacial score (nSPS) is 35.1. The molecular formula is C33H46FN5O8S. The number of nitrogens with zero attached hydrogens (tertiary/aromatic N) is 3. The van der Waals surface area contributed by atoms with E-state index >= 15 is 0 Å². The van der Waals surface area contributed by atoms with Crippen LogP contribution >= 0.6 is 11.8 Å². The number of fused-ring (bicyclic) bond motifs is 3. The first-order chi connectivity index (χ1) is 23.1. The summed E-state index contributed by atoms with van der Waals surface area (Å²) in [5.41, 5.74) is 0.361. The van der Waals surface area contributed by atoms with E-state index in [4.69, 9.17) is 19.4 Å². The maximum atomic E-state index is 13.7. The minimum absolute atomic E-state index is 0.226. The van der Waals surface area contributed by atoms with Gasteiger partial charge in [-0.1, -0.05) is 31.2 Å². The van der Waals surface area contributed by atoms with Crippen LogP contribution in [0.15, 0.2) is 42.6 Å². The van der Waals surface area contributed by atoms with Crippen molar-refractivity contribution in [3.63, 3.8) is 0 Å². The van der Waals surface area contributed by atoms with Gasteiger partial charge in [0.1, 0.15) is 41.7 Å². The number of carbonyl (C=O) groups is 2. The van der Waals surface area contributed by atoms with Gasteiger partial charge in [0.15, 0.2) is 0 Å². The van der Waals surface area contributed by atoms with E-state index in [1.807, 2.05) is 12.2 Å². The highest BCUT2D eigenvalue weighted by molar-refractivity contribution is 8.00. The van der Waals surface area contributed by atoms with Gasteiger partial charge in [-0.3, -0.25) is 9.59 Å². The summed E-state index contributed by atoms with van der Waals surface area (Å²) in [6.07, 6.45) is 4.24. The fourth-order valence-electron chi connectivity index (χ4n) is 7.15. The molecule has 3 saturated heterocycles. The fraction of sp³-hybridized carbons (Fsp3) is 0.636. The molecule has 3 fully saturated rings. The van der Waals surface area contributed by atoms with Crippen LogP contribution in [-0.2, 0) is 19.1 Å². The van der Waals surface area contributed by atoms with E-state index in [1.165, 1.54) is 23.9 Å². The van der Waals surface area contributed by atoms with Gasteiger partial charge in [-0.2, -0.15) is 0 Å². The van der Waals surface area contributed by atoms with Crippen molar-refractivity contribution in [1.29, 1.82) is 0 Å². The average molecular weight is 692 g/mol. The molecule has 11 atom stereocenters. The third-order valence-electron chi connectivity index (χ3n) is 9.42. The van der Waals surface area contributed by atoms with Gasteiger partial charge in [0.25, 0.3) is 6.47 Å². The SMILES string of the molecule is CC(C)C[C@@H]1CCO[C@@H]2[C@H](CN[C@@H]2C(=O)N[C@@H]2CC=CC[C@@H](c3cn(-c4ccc(F)cc4)nn3)S[C@H]3O[C@H]2[C@H](O)[C@H](O)[C@H]3O)C1.O=CO. The number of carboxylic acid groups (broad SMARTS) is 1. The lowest BCUT2D eigenvalue weighted by Gasteiger charge is -2.44. The largest absolute Gasteiger partial charge is 0.483 e. The molecule has 6 N–H and O–H groups in total. The lowest BCUT2D eigenvalue weighted by atomic mass is 9.85. The van der Waals surface area contributed by atoms with Gasteiger partial charge in [-0.05, 0) is 74.1 Å². The number of aliphatic hydroxyl groups excluding tert-OH is 3.